The molecular formula is C14H22N2O2. The van der Waals surface area contributed by atoms with Gasteiger partial charge in [0.2, 0.25) is 0 Å². The van der Waals surface area contributed by atoms with Gasteiger partial charge in [-0.25, -0.2) is 4.79 Å². The van der Waals surface area contributed by atoms with Crippen LogP contribution in [0.4, 0.5) is 10.5 Å². The lowest BCUT2D eigenvalue weighted by atomic mass is 10.1. The highest BCUT2D eigenvalue weighted by molar-refractivity contribution is 5.89. The van der Waals surface area contributed by atoms with Gasteiger partial charge in [-0.15, -0.1) is 0 Å². The number of aliphatic hydroxyl groups is 1. The number of nitrogens with one attached hydrogen (secondary N) is 2. The molecule has 0 heterocycles. The van der Waals surface area contributed by atoms with E-state index in [0.29, 0.717) is 19.4 Å². The predicted octanol–water partition coefficient (Wildman–Crippen LogP) is 2.53. The molecule has 2 amide bonds. The lowest BCUT2D eigenvalue weighted by molar-refractivity contribution is 0.160. The van der Waals surface area contributed by atoms with Gasteiger partial charge in [-0.1, -0.05) is 26.0 Å². The molecule has 0 saturated carbocycles. The van der Waals surface area contributed by atoms with Crippen molar-refractivity contribution in [2.24, 2.45) is 0 Å². The molecule has 0 aliphatic heterocycles. The Morgan fingerprint density at radius 3 is 2.50 bits per heavy atom. The molecule has 0 bridgehead atoms. The quantitative estimate of drug-likeness (QED) is 0.726. The number of hydrogen-bond donors (Lipinski definition) is 3. The monoisotopic (exact) mass is 250 g/mol. The lowest BCUT2D eigenvalue weighted by Crippen LogP contribution is -2.31. The van der Waals surface area contributed by atoms with Crippen LogP contribution >= 0.6 is 0 Å². The Balaban J connectivity index is 2.30. The minimum Gasteiger partial charge on any atom is -0.393 e. The fourth-order valence-electron chi connectivity index (χ4n) is 1.56. The molecule has 4 heteroatoms. The van der Waals surface area contributed by atoms with Crippen molar-refractivity contribution in [3.05, 3.63) is 29.8 Å². The highest BCUT2D eigenvalue weighted by atomic mass is 16.3. The number of hydrogen-bond acceptors (Lipinski definition) is 2. The molecular weight excluding hydrogens is 228 g/mol. The van der Waals surface area contributed by atoms with Crippen LogP contribution in [0.1, 0.15) is 32.3 Å². The van der Waals surface area contributed by atoms with Gasteiger partial charge in [-0.2, -0.15) is 0 Å². The third kappa shape index (κ3) is 5.19. The summed E-state index contributed by atoms with van der Waals surface area (Å²) in [5.41, 5.74) is 2.02. The van der Waals surface area contributed by atoms with Crippen LogP contribution in [0.2, 0.25) is 0 Å². The standard InChI is InChI=1S/C14H22N2O2/c1-3-11-5-7-12(8-6-11)16-14(18)15-10-9-13(17)4-2/h5-8,13,17H,3-4,9-10H2,1-2H3,(H2,15,16,18). The fourth-order valence-corrected chi connectivity index (χ4v) is 1.56. The minimum atomic E-state index is -0.339. The summed E-state index contributed by atoms with van der Waals surface area (Å²) < 4.78 is 0. The first-order valence-corrected chi connectivity index (χ1v) is 6.47. The number of rotatable bonds is 6. The Labute approximate surface area is 108 Å². The molecule has 3 N–H and O–H groups in total. The summed E-state index contributed by atoms with van der Waals surface area (Å²) in [7, 11) is 0. The van der Waals surface area contributed by atoms with Gasteiger partial charge in [0.1, 0.15) is 0 Å². The molecule has 1 atom stereocenters. The minimum absolute atomic E-state index is 0.234. The van der Waals surface area contributed by atoms with Crippen LogP contribution in [0.5, 0.6) is 0 Å². The molecule has 1 aromatic rings. The largest absolute Gasteiger partial charge is 0.393 e. The van der Waals surface area contributed by atoms with E-state index in [4.69, 9.17) is 0 Å². The van der Waals surface area contributed by atoms with E-state index in [2.05, 4.69) is 17.6 Å². The fraction of sp³-hybridized carbons (Fsp3) is 0.500. The van der Waals surface area contributed by atoms with Gasteiger partial charge >= 0.3 is 6.03 Å². The molecule has 0 aliphatic carbocycles. The maximum absolute atomic E-state index is 11.5. The summed E-state index contributed by atoms with van der Waals surface area (Å²) in [6.07, 6.45) is 1.94. The van der Waals surface area contributed by atoms with E-state index in [1.54, 1.807) is 0 Å². The van der Waals surface area contributed by atoms with E-state index in [1.165, 1.54) is 5.56 Å². The highest BCUT2D eigenvalue weighted by Gasteiger charge is 2.03. The molecule has 0 saturated heterocycles. The number of carbonyl (C=O) groups excluding carboxylic acids is 1. The number of urea groups is 1. The number of aryl methyl sites for hydroxylation is 1. The molecule has 4 nitrogen and oxygen atoms in total. The third-order valence-corrected chi connectivity index (χ3v) is 2.85. The number of benzene rings is 1. The van der Waals surface area contributed by atoms with Crippen LogP contribution < -0.4 is 10.6 Å². The van der Waals surface area contributed by atoms with E-state index < -0.39 is 0 Å². The van der Waals surface area contributed by atoms with Gasteiger partial charge in [-0.05, 0) is 37.0 Å². The van der Waals surface area contributed by atoms with Gasteiger partial charge in [-0.3, -0.25) is 0 Å². The SMILES string of the molecule is CCc1ccc(NC(=O)NCCC(O)CC)cc1. The Bertz CT molecular complexity index is 363. The van der Waals surface area contributed by atoms with E-state index in [0.717, 1.165) is 12.1 Å². The predicted molar refractivity (Wildman–Crippen MR) is 73.8 cm³/mol. The van der Waals surface area contributed by atoms with E-state index in [-0.39, 0.29) is 12.1 Å². The second-order valence-corrected chi connectivity index (χ2v) is 4.28. The molecule has 18 heavy (non-hydrogen) atoms. The normalized spacial score (nSPS) is 11.9. The first-order valence-electron chi connectivity index (χ1n) is 6.47. The van der Waals surface area contributed by atoms with Crippen LogP contribution in [0.25, 0.3) is 0 Å². The van der Waals surface area contributed by atoms with Crippen LogP contribution in [0.3, 0.4) is 0 Å². The van der Waals surface area contributed by atoms with Crippen LogP contribution in [0.15, 0.2) is 24.3 Å². The Hall–Kier alpha value is -1.55. The van der Waals surface area contributed by atoms with E-state index >= 15 is 0 Å². The van der Waals surface area contributed by atoms with Crippen molar-refractivity contribution in [3.63, 3.8) is 0 Å². The van der Waals surface area contributed by atoms with E-state index in [1.807, 2.05) is 31.2 Å². The molecule has 0 aromatic heterocycles. The zero-order valence-corrected chi connectivity index (χ0v) is 11.1. The molecule has 0 spiro atoms. The Morgan fingerprint density at radius 2 is 1.94 bits per heavy atom. The first kappa shape index (κ1) is 14.5. The van der Waals surface area contributed by atoms with Crippen molar-refractivity contribution in [1.82, 2.24) is 5.32 Å². The number of anilines is 1. The van der Waals surface area contributed by atoms with Gasteiger partial charge in [0.25, 0.3) is 0 Å². The van der Waals surface area contributed by atoms with Crippen molar-refractivity contribution in [3.8, 4) is 0 Å². The second-order valence-electron chi connectivity index (χ2n) is 4.28. The molecule has 1 aromatic carbocycles. The molecule has 1 unspecified atom stereocenters. The maximum atomic E-state index is 11.5. The van der Waals surface area contributed by atoms with Crippen molar-refractivity contribution >= 4 is 11.7 Å². The van der Waals surface area contributed by atoms with Gasteiger partial charge in [0.15, 0.2) is 0 Å². The van der Waals surface area contributed by atoms with Crippen molar-refractivity contribution in [1.29, 1.82) is 0 Å². The smallest absolute Gasteiger partial charge is 0.319 e. The first-order chi connectivity index (χ1) is 8.65. The number of carbonyl (C=O) groups is 1. The van der Waals surface area contributed by atoms with Gasteiger partial charge in [0, 0.05) is 12.2 Å². The average molecular weight is 250 g/mol. The maximum Gasteiger partial charge on any atom is 0.319 e. The summed E-state index contributed by atoms with van der Waals surface area (Å²) in [5.74, 6) is 0. The summed E-state index contributed by atoms with van der Waals surface area (Å²) >= 11 is 0. The summed E-state index contributed by atoms with van der Waals surface area (Å²) in [6.45, 7) is 4.49. The summed E-state index contributed by atoms with van der Waals surface area (Å²) in [6, 6.07) is 7.54. The van der Waals surface area contributed by atoms with Crippen LogP contribution in [-0.2, 0) is 6.42 Å². The Morgan fingerprint density at radius 1 is 1.28 bits per heavy atom. The highest BCUT2D eigenvalue weighted by Crippen LogP contribution is 2.09. The van der Waals surface area contributed by atoms with Crippen molar-refractivity contribution in [2.45, 2.75) is 39.2 Å². The lowest BCUT2D eigenvalue weighted by Gasteiger charge is -2.10. The number of aliphatic hydroxyl groups excluding tert-OH is 1. The van der Waals surface area contributed by atoms with Gasteiger partial charge < -0.3 is 15.7 Å². The third-order valence-electron chi connectivity index (χ3n) is 2.85. The van der Waals surface area contributed by atoms with Gasteiger partial charge in [0.05, 0.1) is 6.10 Å². The molecule has 0 radical (unpaired) electrons. The molecule has 1 rings (SSSR count). The topological polar surface area (TPSA) is 61.4 Å². The van der Waals surface area contributed by atoms with E-state index in [9.17, 15) is 9.90 Å². The Kier molecular flexibility index (Phi) is 6.22. The van der Waals surface area contributed by atoms with Crippen LogP contribution in [-0.4, -0.2) is 23.8 Å². The van der Waals surface area contributed by atoms with Crippen molar-refractivity contribution in [2.75, 3.05) is 11.9 Å². The second kappa shape index (κ2) is 7.71. The molecule has 0 fully saturated rings. The summed E-state index contributed by atoms with van der Waals surface area (Å²) in [4.78, 5) is 11.5. The summed E-state index contributed by atoms with van der Waals surface area (Å²) in [5, 5.41) is 14.8. The zero-order valence-electron chi connectivity index (χ0n) is 11.1. The molecule has 0 aliphatic rings. The van der Waals surface area contributed by atoms with Crippen molar-refractivity contribution < 1.29 is 9.90 Å². The molecule has 100 valence electrons. The van der Waals surface area contributed by atoms with Crippen LogP contribution in [0, 0.1) is 0 Å². The number of amides is 2. The zero-order chi connectivity index (χ0) is 13.4. The average Bonchev–Trinajstić information content (AvgIpc) is 2.39.